The molecule has 0 aromatic heterocycles. The van der Waals surface area contributed by atoms with Gasteiger partial charge >= 0.3 is 0 Å². The number of benzene rings is 1. The van der Waals surface area contributed by atoms with Crippen molar-refractivity contribution in [2.45, 2.75) is 26.5 Å². The Morgan fingerprint density at radius 2 is 2.00 bits per heavy atom. The summed E-state index contributed by atoms with van der Waals surface area (Å²) >= 11 is 6.28. The van der Waals surface area contributed by atoms with Crippen molar-refractivity contribution in [1.29, 1.82) is 0 Å². The summed E-state index contributed by atoms with van der Waals surface area (Å²) in [5.74, 6) is 1.29. The third-order valence-corrected chi connectivity index (χ3v) is 2.99. The van der Waals surface area contributed by atoms with Crippen molar-refractivity contribution in [3.8, 4) is 11.5 Å². The molecule has 4 nitrogen and oxygen atoms in total. The third kappa shape index (κ3) is 5.57. The van der Waals surface area contributed by atoms with Crippen molar-refractivity contribution >= 4 is 11.6 Å². The molecule has 0 saturated heterocycles. The summed E-state index contributed by atoms with van der Waals surface area (Å²) in [5.41, 5.74) is 1.08. The van der Waals surface area contributed by atoms with E-state index < -0.39 is 0 Å². The monoisotopic (exact) mass is 300 g/mol. The molecule has 0 atom stereocenters. The van der Waals surface area contributed by atoms with Gasteiger partial charge in [-0.25, -0.2) is 0 Å². The van der Waals surface area contributed by atoms with Gasteiger partial charge in [0.15, 0.2) is 11.5 Å². The van der Waals surface area contributed by atoms with Crippen LogP contribution < -0.4 is 14.8 Å². The van der Waals surface area contributed by atoms with Crippen LogP contribution in [0.4, 0.5) is 0 Å². The van der Waals surface area contributed by atoms with Crippen molar-refractivity contribution in [3.05, 3.63) is 22.7 Å². The van der Waals surface area contributed by atoms with Crippen molar-refractivity contribution in [2.75, 3.05) is 34.3 Å². The number of nitrogens with one attached hydrogen (secondary N) is 1. The first-order valence-electron chi connectivity index (χ1n) is 6.82. The number of rotatable bonds is 8. The maximum atomic E-state index is 6.28. The van der Waals surface area contributed by atoms with Crippen molar-refractivity contribution < 1.29 is 9.47 Å². The number of nitrogens with zero attached hydrogens (tertiary/aromatic N) is 1. The fourth-order valence-electron chi connectivity index (χ4n) is 1.76. The first-order valence-corrected chi connectivity index (χ1v) is 7.20. The molecule has 0 aliphatic rings. The Kier molecular flexibility index (Phi) is 7.13. The number of hydrogen-bond donors (Lipinski definition) is 1. The summed E-state index contributed by atoms with van der Waals surface area (Å²) in [6, 6.07) is 3.89. The molecule has 1 aromatic rings. The Labute approximate surface area is 127 Å². The Balaban J connectivity index is 2.72. The van der Waals surface area contributed by atoms with Gasteiger partial charge < -0.3 is 19.7 Å². The molecule has 0 saturated carbocycles. The molecule has 1 rings (SSSR count). The fourth-order valence-corrected chi connectivity index (χ4v) is 2.04. The minimum Gasteiger partial charge on any atom is -0.493 e. The van der Waals surface area contributed by atoms with Gasteiger partial charge in [-0.15, -0.1) is 0 Å². The van der Waals surface area contributed by atoms with E-state index in [-0.39, 0.29) is 6.10 Å². The summed E-state index contributed by atoms with van der Waals surface area (Å²) < 4.78 is 11.1. The van der Waals surface area contributed by atoms with E-state index in [0.29, 0.717) is 16.5 Å². The zero-order valence-electron chi connectivity index (χ0n) is 13.0. The van der Waals surface area contributed by atoms with E-state index in [1.54, 1.807) is 7.11 Å². The Bertz CT molecular complexity index is 423. The zero-order valence-corrected chi connectivity index (χ0v) is 13.8. The number of hydrogen-bond acceptors (Lipinski definition) is 4. The second-order valence-electron chi connectivity index (χ2n) is 5.26. The SMILES string of the molecule is COc1cc(CNCCN(C)C)cc(Cl)c1OC(C)C. The molecule has 0 amide bonds. The van der Waals surface area contributed by atoms with Gasteiger partial charge in [0.1, 0.15) is 0 Å². The highest BCUT2D eigenvalue weighted by Crippen LogP contribution is 2.37. The molecule has 0 aliphatic heterocycles. The molecule has 5 heteroatoms. The average Bonchev–Trinajstić information content (AvgIpc) is 2.36. The molecule has 0 spiro atoms. The third-order valence-electron chi connectivity index (χ3n) is 2.71. The van der Waals surface area contributed by atoms with E-state index in [4.69, 9.17) is 21.1 Å². The highest BCUT2D eigenvalue weighted by molar-refractivity contribution is 6.32. The lowest BCUT2D eigenvalue weighted by Crippen LogP contribution is -2.26. The standard InChI is InChI=1S/C15H25ClN2O2/c1-11(2)20-15-13(16)8-12(9-14(15)19-5)10-17-6-7-18(3)4/h8-9,11,17H,6-7,10H2,1-5H3. The van der Waals surface area contributed by atoms with Crippen LogP contribution in [-0.2, 0) is 6.54 Å². The van der Waals surface area contributed by atoms with Crippen LogP contribution >= 0.6 is 11.6 Å². The van der Waals surface area contributed by atoms with Gasteiger partial charge in [0, 0.05) is 19.6 Å². The lowest BCUT2D eigenvalue weighted by Gasteiger charge is -2.17. The van der Waals surface area contributed by atoms with Crippen molar-refractivity contribution in [2.24, 2.45) is 0 Å². The lowest BCUT2D eigenvalue weighted by molar-refractivity contribution is 0.230. The van der Waals surface area contributed by atoms with Gasteiger partial charge in [0.05, 0.1) is 18.2 Å². The summed E-state index contributed by atoms with van der Waals surface area (Å²) in [5, 5.41) is 3.96. The molecule has 0 unspecified atom stereocenters. The highest BCUT2D eigenvalue weighted by Gasteiger charge is 2.13. The van der Waals surface area contributed by atoms with Crippen molar-refractivity contribution in [1.82, 2.24) is 10.2 Å². The fraction of sp³-hybridized carbons (Fsp3) is 0.600. The van der Waals surface area contributed by atoms with E-state index in [9.17, 15) is 0 Å². The van der Waals surface area contributed by atoms with E-state index in [0.717, 1.165) is 25.2 Å². The first kappa shape index (κ1) is 17.1. The van der Waals surface area contributed by atoms with Gasteiger partial charge in [-0.3, -0.25) is 0 Å². The van der Waals surface area contributed by atoms with E-state index in [1.807, 2.05) is 26.0 Å². The minimum atomic E-state index is 0.0606. The molecule has 1 N–H and O–H groups in total. The van der Waals surface area contributed by atoms with Crippen LogP contribution in [0.15, 0.2) is 12.1 Å². The summed E-state index contributed by atoms with van der Waals surface area (Å²) in [6.07, 6.45) is 0.0606. The number of halogens is 1. The molecule has 0 bridgehead atoms. The molecule has 1 aromatic carbocycles. The quantitative estimate of drug-likeness (QED) is 0.749. The second kappa shape index (κ2) is 8.35. The maximum absolute atomic E-state index is 6.28. The molecule has 114 valence electrons. The summed E-state index contributed by atoms with van der Waals surface area (Å²) in [6.45, 7) is 6.61. The van der Waals surface area contributed by atoms with Crippen LogP contribution in [0, 0.1) is 0 Å². The normalized spacial score (nSPS) is 11.2. The van der Waals surface area contributed by atoms with Gasteiger partial charge in [-0.1, -0.05) is 11.6 Å². The number of likely N-dealkylation sites (N-methyl/N-ethyl adjacent to an activating group) is 1. The molecule has 0 fully saturated rings. The van der Waals surface area contributed by atoms with Crippen LogP contribution in [0.1, 0.15) is 19.4 Å². The zero-order chi connectivity index (χ0) is 15.1. The van der Waals surface area contributed by atoms with Crippen LogP contribution in [-0.4, -0.2) is 45.3 Å². The van der Waals surface area contributed by atoms with Crippen LogP contribution in [0.3, 0.4) is 0 Å². The molecular weight excluding hydrogens is 276 g/mol. The molecule has 0 radical (unpaired) electrons. The van der Waals surface area contributed by atoms with E-state index >= 15 is 0 Å². The highest BCUT2D eigenvalue weighted by atomic mass is 35.5. The molecule has 0 heterocycles. The van der Waals surface area contributed by atoms with Gasteiger partial charge in [0.25, 0.3) is 0 Å². The minimum absolute atomic E-state index is 0.0606. The predicted octanol–water partition coefficient (Wildman–Crippen LogP) is 2.79. The molecular formula is C15H25ClN2O2. The number of methoxy groups -OCH3 is 1. The van der Waals surface area contributed by atoms with Gasteiger partial charge in [0.2, 0.25) is 0 Å². The van der Waals surface area contributed by atoms with E-state index in [2.05, 4.69) is 24.3 Å². The predicted molar refractivity (Wildman–Crippen MR) is 84.0 cm³/mol. The molecule has 20 heavy (non-hydrogen) atoms. The maximum Gasteiger partial charge on any atom is 0.180 e. The van der Waals surface area contributed by atoms with Crippen LogP contribution in [0.25, 0.3) is 0 Å². The van der Waals surface area contributed by atoms with E-state index in [1.165, 1.54) is 0 Å². The van der Waals surface area contributed by atoms with Gasteiger partial charge in [-0.2, -0.15) is 0 Å². The Hall–Kier alpha value is -0.970. The Morgan fingerprint density at radius 1 is 1.30 bits per heavy atom. The Morgan fingerprint density at radius 3 is 2.55 bits per heavy atom. The topological polar surface area (TPSA) is 33.7 Å². The van der Waals surface area contributed by atoms with Crippen LogP contribution in [0.2, 0.25) is 5.02 Å². The summed E-state index contributed by atoms with van der Waals surface area (Å²) in [4.78, 5) is 2.14. The largest absolute Gasteiger partial charge is 0.493 e. The summed E-state index contributed by atoms with van der Waals surface area (Å²) in [7, 11) is 5.74. The van der Waals surface area contributed by atoms with Crippen LogP contribution in [0.5, 0.6) is 11.5 Å². The first-order chi connectivity index (χ1) is 9.43. The molecule has 0 aliphatic carbocycles. The second-order valence-corrected chi connectivity index (χ2v) is 5.66. The van der Waals surface area contributed by atoms with Crippen molar-refractivity contribution in [3.63, 3.8) is 0 Å². The number of ether oxygens (including phenoxy) is 2. The average molecular weight is 301 g/mol. The lowest BCUT2D eigenvalue weighted by atomic mass is 10.2. The smallest absolute Gasteiger partial charge is 0.180 e. The van der Waals surface area contributed by atoms with Gasteiger partial charge in [-0.05, 0) is 45.6 Å².